The number of hydrogen-bond donors (Lipinski definition) is 15. The van der Waals surface area contributed by atoms with Crippen LogP contribution in [0.1, 0.15) is 19.3 Å². The first kappa shape index (κ1) is 37.6. The van der Waals surface area contributed by atoms with Gasteiger partial charge < -0.3 is 99.1 Å². The van der Waals surface area contributed by atoms with Crippen LogP contribution in [0.2, 0.25) is 0 Å². The fourth-order valence-corrected chi connectivity index (χ4v) is 6.04. The predicted octanol–water partition coefficient (Wildman–Crippen LogP) is -9.36. The molecule has 0 radical (unpaired) electrons. The average molecular weight is 670 g/mol. The van der Waals surface area contributed by atoms with Crippen LogP contribution in [0.25, 0.3) is 0 Å². The molecule has 2 saturated carbocycles. The summed E-state index contributed by atoms with van der Waals surface area (Å²) in [7, 11) is 0. The van der Waals surface area contributed by atoms with Crippen LogP contribution in [0.5, 0.6) is 0 Å². The molecule has 18 atom stereocenters. The molecule has 4 rings (SSSR count). The van der Waals surface area contributed by atoms with Crippen molar-refractivity contribution in [1.29, 1.82) is 0 Å². The zero-order chi connectivity index (χ0) is 34.1. The molecule has 0 aromatic rings. The molecule has 2 aliphatic heterocycles. The number of carbonyl (C=O) groups is 1. The van der Waals surface area contributed by atoms with Crippen molar-refractivity contribution in [2.24, 2.45) is 28.7 Å². The van der Waals surface area contributed by atoms with Gasteiger partial charge in [0.15, 0.2) is 18.2 Å². The Hall–Kier alpha value is -1.25. The van der Waals surface area contributed by atoms with E-state index in [0.717, 1.165) is 0 Å². The van der Waals surface area contributed by atoms with Gasteiger partial charge in [-0.25, -0.2) is 0 Å². The van der Waals surface area contributed by atoms with Gasteiger partial charge in [0.1, 0.15) is 54.9 Å². The lowest BCUT2D eigenvalue weighted by atomic mass is 9.83. The van der Waals surface area contributed by atoms with Crippen molar-refractivity contribution in [3.8, 4) is 0 Å². The molecule has 18 unspecified atom stereocenters. The van der Waals surface area contributed by atoms with Crippen LogP contribution in [-0.4, -0.2) is 182 Å². The largest absolute Gasteiger partial charge is 0.394 e. The Morgan fingerprint density at radius 1 is 0.891 bits per heavy atom. The number of hydrogen-bond acceptors (Lipinski definition) is 19. The Morgan fingerprint density at radius 3 is 2.13 bits per heavy atom. The van der Waals surface area contributed by atoms with E-state index in [-0.39, 0.29) is 32.5 Å². The van der Waals surface area contributed by atoms with Gasteiger partial charge in [0, 0.05) is 31.6 Å². The molecule has 0 aromatic heterocycles. The zero-order valence-corrected chi connectivity index (χ0v) is 25.3. The average Bonchev–Trinajstić information content (AvgIpc) is 3.64. The van der Waals surface area contributed by atoms with E-state index in [2.05, 4.69) is 10.6 Å². The van der Waals surface area contributed by atoms with Gasteiger partial charge in [-0.2, -0.15) is 0 Å². The van der Waals surface area contributed by atoms with Crippen molar-refractivity contribution in [3.05, 3.63) is 0 Å². The molecule has 0 bridgehead atoms. The first-order valence-corrected chi connectivity index (χ1v) is 15.4. The zero-order valence-electron chi connectivity index (χ0n) is 25.3. The fourth-order valence-electron chi connectivity index (χ4n) is 6.04. The van der Waals surface area contributed by atoms with E-state index in [1.54, 1.807) is 0 Å². The number of nitrogens with one attached hydrogen (secondary N) is 2. The lowest BCUT2D eigenvalue weighted by Crippen LogP contribution is -2.70. The van der Waals surface area contributed by atoms with Crippen LogP contribution in [0.15, 0.2) is 0 Å². The lowest BCUT2D eigenvalue weighted by Gasteiger charge is -2.49. The third-order valence-corrected chi connectivity index (χ3v) is 9.21. The van der Waals surface area contributed by atoms with E-state index in [4.69, 9.17) is 47.6 Å². The second-order valence-electron chi connectivity index (χ2n) is 12.7. The molecule has 4 aliphatic rings. The second-order valence-corrected chi connectivity index (χ2v) is 12.7. The quantitative estimate of drug-likeness (QED) is 0.0865. The second kappa shape index (κ2) is 15.5. The SMILES string of the molecule is NCCC(O)CNCC1OC(OC2C(N)CC(NC(=O)C3(O)CC3N)C(OC3OC(CO)C(O)C(N)C3O)C2O)C(N)C(O)C1O. The Morgan fingerprint density at radius 2 is 1.52 bits per heavy atom. The summed E-state index contributed by atoms with van der Waals surface area (Å²) in [5, 5.41) is 89.2. The Labute approximate surface area is 265 Å². The molecule has 20 nitrogen and oxygen atoms in total. The molecule has 1 amide bonds. The van der Waals surface area contributed by atoms with Gasteiger partial charge in [-0.15, -0.1) is 0 Å². The molecule has 20 heteroatoms. The molecule has 268 valence electrons. The summed E-state index contributed by atoms with van der Waals surface area (Å²) < 4.78 is 23.3. The number of ether oxygens (including phenoxy) is 4. The monoisotopic (exact) mass is 669 g/mol. The normalized spacial score (nSPS) is 48.5. The van der Waals surface area contributed by atoms with Crippen LogP contribution >= 0.6 is 0 Å². The van der Waals surface area contributed by atoms with Crippen LogP contribution in [-0.2, 0) is 23.7 Å². The fraction of sp³-hybridized carbons (Fsp3) is 0.962. The summed E-state index contributed by atoms with van der Waals surface area (Å²) >= 11 is 0. The number of rotatable bonds is 13. The van der Waals surface area contributed by atoms with E-state index in [9.17, 15) is 45.6 Å². The van der Waals surface area contributed by atoms with Gasteiger partial charge in [-0.05, 0) is 19.4 Å². The van der Waals surface area contributed by atoms with Crippen LogP contribution in [0.3, 0.4) is 0 Å². The molecule has 46 heavy (non-hydrogen) atoms. The summed E-state index contributed by atoms with van der Waals surface area (Å²) in [5.41, 5.74) is 27.7. The van der Waals surface area contributed by atoms with Gasteiger partial charge in [0.2, 0.25) is 0 Å². The van der Waals surface area contributed by atoms with Crippen molar-refractivity contribution in [3.63, 3.8) is 0 Å². The van der Waals surface area contributed by atoms with Crippen LogP contribution in [0.4, 0.5) is 0 Å². The van der Waals surface area contributed by atoms with Crippen molar-refractivity contribution >= 4 is 5.91 Å². The molecule has 2 aliphatic carbocycles. The molecular weight excluding hydrogens is 618 g/mol. The Bertz CT molecular complexity index is 1010. The molecule has 0 spiro atoms. The van der Waals surface area contributed by atoms with Crippen molar-refractivity contribution < 1.29 is 64.6 Å². The predicted molar refractivity (Wildman–Crippen MR) is 155 cm³/mol. The van der Waals surface area contributed by atoms with Gasteiger partial charge >= 0.3 is 0 Å². The molecular formula is C26H51N7O13. The van der Waals surface area contributed by atoms with Crippen molar-refractivity contribution in [2.45, 2.75) is 129 Å². The third kappa shape index (κ3) is 7.96. The first-order valence-electron chi connectivity index (χ1n) is 15.4. The third-order valence-electron chi connectivity index (χ3n) is 9.21. The van der Waals surface area contributed by atoms with Gasteiger partial charge in [-0.1, -0.05) is 0 Å². The van der Waals surface area contributed by atoms with Crippen molar-refractivity contribution in [1.82, 2.24) is 10.6 Å². The number of aliphatic hydroxyl groups excluding tert-OH is 7. The number of amides is 1. The molecule has 0 aromatic carbocycles. The minimum Gasteiger partial charge on any atom is -0.394 e. The van der Waals surface area contributed by atoms with Crippen molar-refractivity contribution in [2.75, 3.05) is 26.2 Å². The lowest BCUT2D eigenvalue weighted by molar-refractivity contribution is -0.320. The van der Waals surface area contributed by atoms with Gasteiger partial charge in [0.05, 0.1) is 30.8 Å². The minimum absolute atomic E-state index is 0.000118. The van der Waals surface area contributed by atoms with E-state index >= 15 is 0 Å². The van der Waals surface area contributed by atoms with Gasteiger partial charge in [0.25, 0.3) is 5.91 Å². The number of carbonyl (C=O) groups excluding carboxylic acids is 1. The van der Waals surface area contributed by atoms with E-state index in [1.807, 2.05) is 0 Å². The first-order chi connectivity index (χ1) is 21.6. The highest BCUT2D eigenvalue weighted by molar-refractivity contribution is 5.89. The number of nitrogens with two attached hydrogens (primary N) is 5. The van der Waals surface area contributed by atoms with Crippen LogP contribution in [0, 0.1) is 0 Å². The van der Waals surface area contributed by atoms with Crippen LogP contribution < -0.4 is 39.3 Å². The minimum atomic E-state index is -1.84. The standard InChI is InChI=1S/C26H51N7O13/c27-2-1-8(35)5-32-6-11-17(37)18(38)15(31)23(43-11)45-21-9(28)3-10(33-25(41)26(42)4-13(26)29)22(20(21)40)46-24-19(39)14(30)16(36)12(7-34)44-24/h8-24,32,34-40,42H,1-7,27-31H2,(H,33,41). The molecule has 4 fully saturated rings. The highest BCUT2D eigenvalue weighted by Crippen LogP contribution is 2.36. The summed E-state index contributed by atoms with van der Waals surface area (Å²) in [6.45, 7) is -0.303. The molecule has 20 N–H and O–H groups in total. The maximum Gasteiger partial charge on any atom is 0.253 e. The summed E-state index contributed by atoms with van der Waals surface area (Å²) in [4.78, 5) is 12.9. The van der Waals surface area contributed by atoms with E-state index in [0.29, 0.717) is 6.42 Å². The van der Waals surface area contributed by atoms with E-state index < -0.39 is 122 Å². The Balaban J connectivity index is 1.51. The van der Waals surface area contributed by atoms with Gasteiger partial charge in [-0.3, -0.25) is 4.79 Å². The maximum absolute atomic E-state index is 12.9. The van der Waals surface area contributed by atoms with E-state index in [1.165, 1.54) is 0 Å². The molecule has 2 heterocycles. The topological polar surface area (TPSA) is 370 Å². The highest BCUT2D eigenvalue weighted by Gasteiger charge is 2.59. The molecule has 2 saturated heterocycles. The summed E-state index contributed by atoms with van der Waals surface area (Å²) in [5.74, 6) is -0.843. The number of aliphatic hydroxyl groups is 8. The summed E-state index contributed by atoms with van der Waals surface area (Å²) in [6.07, 6.45) is -16.4. The Kier molecular flexibility index (Phi) is 12.7. The summed E-state index contributed by atoms with van der Waals surface area (Å²) in [6, 6.07) is -5.56. The smallest absolute Gasteiger partial charge is 0.253 e. The highest BCUT2D eigenvalue weighted by atomic mass is 16.7. The maximum atomic E-state index is 12.9.